The lowest BCUT2D eigenvalue weighted by Crippen LogP contribution is -2.25. The highest BCUT2D eigenvalue weighted by Gasteiger charge is 2.24. The van der Waals surface area contributed by atoms with Crippen LogP contribution in [0, 0.1) is 0 Å². The molecule has 4 heteroatoms. The van der Waals surface area contributed by atoms with Crippen molar-refractivity contribution in [2.45, 2.75) is 51.9 Å². The number of rotatable bonds is 7. The maximum atomic E-state index is 11.5. The fraction of sp³-hybridized carbons (Fsp3) is 0.769. The van der Waals surface area contributed by atoms with Crippen LogP contribution in [-0.2, 0) is 14.3 Å². The van der Waals surface area contributed by atoms with E-state index in [0.29, 0.717) is 12.7 Å². The van der Waals surface area contributed by atoms with Gasteiger partial charge in [0.25, 0.3) is 0 Å². The van der Waals surface area contributed by atoms with Crippen LogP contribution in [0.5, 0.6) is 0 Å². The van der Waals surface area contributed by atoms with Gasteiger partial charge in [0.05, 0.1) is 27.4 Å². The molecule has 0 saturated carbocycles. The Morgan fingerprint density at radius 3 is 2.59 bits per heavy atom. The standard InChI is InChI=1S/C13H24O3Si/c1-5-15-13(14)9-12(17(2,3)4)8-6-7-11-10-16-11/h9,11H,5-8,10H2,1-4H3/b12-9+. The third kappa shape index (κ3) is 6.03. The second-order valence-electron chi connectivity index (χ2n) is 5.52. The summed E-state index contributed by atoms with van der Waals surface area (Å²) in [5, 5.41) is 1.30. The fourth-order valence-electron chi connectivity index (χ4n) is 1.74. The van der Waals surface area contributed by atoms with E-state index in [4.69, 9.17) is 9.47 Å². The van der Waals surface area contributed by atoms with Crippen molar-refractivity contribution in [3.63, 3.8) is 0 Å². The van der Waals surface area contributed by atoms with E-state index >= 15 is 0 Å². The van der Waals surface area contributed by atoms with Gasteiger partial charge in [-0.1, -0.05) is 24.8 Å². The zero-order chi connectivity index (χ0) is 12.9. The summed E-state index contributed by atoms with van der Waals surface area (Å²) in [6.45, 7) is 10.0. The van der Waals surface area contributed by atoms with E-state index in [2.05, 4.69) is 19.6 Å². The van der Waals surface area contributed by atoms with Crippen molar-refractivity contribution in [2.24, 2.45) is 0 Å². The third-order valence-corrected chi connectivity index (χ3v) is 5.24. The molecule has 0 radical (unpaired) electrons. The van der Waals surface area contributed by atoms with Gasteiger partial charge in [-0.2, -0.15) is 0 Å². The molecule has 0 bridgehead atoms. The van der Waals surface area contributed by atoms with Crippen LogP contribution in [0.15, 0.2) is 11.3 Å². The molecule has 0 aromatic heterocycles. The van der Waals surface area contributed by atoms with Crippen molar-refractivity contribution in [2.75, 3.05) is 13.2 Å². The van der Waals surface area contributed by atoms with Crippen LogP contribution in [0.1, 0.15) is 26.2 Å². The Hall–Kier alpha value is -0.613. The van der Waals surface area contributed by atoms with Crippen molar-refractivity contribution in [1.82, 2.24) is 0 Å². The summed E-state index contributed by atoms with van der Waals surface area (Å²) in [6.07, 6.45) is 5.45. The average Bonchev–Trinajstić information content (AvgIpc) is 2.99. The maximum Gasteiger partial charge on any atom is 0.330 e. The lowest BCUT2D eigenvalue weighted by molar-refractivity contribution is -0.137. The zero-order valence-electron chi connectivity index (χ0n) is 11.4. The Labute approximate surface area is 105 Å². The Balaban J connectivity index is 2.49. The summed E-state index contributed by atoms with van der Waals surface area (Å²) in [6, 6.07) is 0. The maximum absolute atomic E-state index is 11.5. The predicted octanol–water partition coefficient (Wildman–Crippen LogP) is 2.92. The Morgan fingerprint density at radius 1 is 1.47 bits per heavy atom. The molecule has 0 aliphatic carbocycles. The summed E-state index contributed by atoms with van der Waals surface area (Å²) in [5.41, 5.74) is 0. The van der Waals surface area contributed by atoms with Gasteiger partial charge in [0.2, 0.25) is 0 Å². The smallest absolute Gasteiger partial charge is 0.330 e. The minimum absolute atomic E-state index is 0.187. The van der Waals surface area contributed by atoms with Crippen molar-refractivity contribution < 1.29 is 14.3 Å². The molecule has 0 aromatic carbocycles. The van der Waals surface area contributed by atoms with Gasteiger partial charge >= 0.3 is 5.97 Å². The second kappa shape index (κ2) is 6.35. The summed E-state index contributed by atoms with van der Waals surface area (Å²) in [4.78, 5) is 11.5. The van der Waals surface area contributed by atoms with Crippen molar-refractivity contribution >= 4 is 14.0 Å². The lowest BCUT2D eigenvalue weighted by atomic mass is 10.2. The van der Waals surface area contributed by atoms with Crippen molar-refractivity contribution in [1.29, 1.82) is 0 Å². The third-order valence-electron chi connectivity index (χ3n) is 2.92. The fourth-order valence-corrected chi connectivity index (χ4v) is 3.22. The normalized spacial score (nSPS) is 20.2. The molecule has 98 valence electrons. The topological polar surface area (TPSA) is 38.8 Å². The number of ether oxygens (including phenoxy) is 2. The molecule has 1 atom stereocenters. The number of hydrogen-bond donors (Lipinski definition) is 0. The minimum Gasteiger partial charge on any atom is -0.463 e. The summed E-state index contributed by atoms with van der Waals surface area (Å²) in [7, 11) is -1.41. The summed E-state index contributed by atoms with van der Waals surface area (Å²) in [5.74, 6) is -0.187. The van der Waals surface area contributed by atoms with E-state index in [9.17, 15) is 4.79 Å². The van der Waals surface area contributed by atoms with E-state index in [1.54, 1.807) is 6.08 Å². The van der Waals surface area contributed by atoms with Crippen LogP contribution in [0.3, 0.4) is 0 Å². The van der Waals surface area contributed by atoms with Gasteiger partial charge in [0.15, 0.2) is 0 Å². The quantitative estimate of drug-likeness (QED) is 0.304. The molecule has 1 heterocycles. The van der Waals surface area contributed by atoms with Crippen LogP contribution in [0.4, 0.5) is 0 Å². The molecule has 1 fully saturated rings. The van der Waals surface area contributed by atoms with E-state index in [-0.39, 0.29) is 5.97 Å². The molecule has 0 spiro atoms. The van der Waals surface area contributed by atoms with Gasteiger partial charge in [0, 0.05) is 6.08 Å². The first-order chi connectivity index (χ1) is 7.93. The Kier molecular flexibility index (Phi) is 5.40. The van der Waals surface area contributed by atoms with Crippen LogP contribution in [-0.4, -0.2) is 33.4 Å². The number of epoxide rings is 1. The molecular formula is C13H24O3Si. The molecule has 3 nitrogen and oxygen atoms in total. The SMILES string of the molecule is CCOC(=O)/C=C(\CCCC1CO1)[Si](C)(C)C. The number of allylic oxidation sites excluding steroid dienone is 1. The molecule has 1 aliphatic rings. The number of carbonyl (C=O) groups is 1. The lowest BCUT2D eigenvalue weighted by Gasteiger charge is -2.20. The van der Waals surface area contributed by atoms with Gasteiger partial charge in [-0.05, 0) is 26.2 Å². The second-order valence-corrected chi connectivity index (χ2v) is 10.7. The van der Waals surface area contributed by atoms with Gasteiger partial charge in [-0.3, -0.25) is 0 Å². The largest absolute Gasteiger partial charge is 0.463 e. The van der Waals surface area contributed by atoms with Gasteiger partial charge in [0.1, 0.15) is 0 Å². The van der Waals surface area contributed by atoms with E-state index < -0.39 is 8.07 Å². The van der Waals surface area contributed by atoms with Crippen LogP contribution >= 0.6 is 0 Å². The monoisotopic (exact) mass is 256 g/mol. The first-order valence-corrected chi connectivity index (χ1v) is 9.93. The highest BCUT2D eigenvalue weighted by molar-refractivity contribution is 6.83. The number of esters is 1. The first kappa shape index (κ1) is 14.4. The highest BCUT2D eigenvalue weighted by Crippen LogP contribution is 2.24. The van der Waals surface area contributed by atoms with Crippen LogP contribution in [0.25, 0.3) is 0 Å². The number of carbonyl (C=O) groups excluding carboxylic acids is 1. The molecule has 1 rings (SSSR count). The highest BCUT2D eigenvalue weighted by atomic mass is 28.3. The summed E-state index contributed by atoms with van der Waals surface area (Å²) >= 11 is 0. The molecule has 1 unspecified atom stereocenters. The van der Waals surface area contributed by atoms with Crippen molar-refractivity contribution in [3.8, 4) is 0 Å². The minimum atomic E-state index is -1.41. The summed E-state index contributed by atoms with van der Waals surface area (Å²) < 4.78 is 10.2. The molecular weight excluding hydrogens is 232 g/mol. The predicted molar refractivity (Wildman–Crippen MR) is 71.7 cm³/mol. The molecule has 1 aliphatic heterocycles. The Bertz CT molecular complexity index is 288. The molecule has 17 heavy (non-hydrogen) atoms. The molecule has 0 N–H and O–H groups in total. The molecule has 0 aromatic rings. The first-order valence-electron chi connectivity index (χ1n) is 6.43. The number of hydrogen-bond acceptors (Lipinski definition) is 3. The average molecular weight is 256 g/mol. The molecule has 1 saturated heterocycles. The zero-order valence-corrected chi connectivity index (χ0v) is 12.4. The van der Waals surface area contributed by atoms with E-state index in [1.807, 2.05) is 6.92 Å². The van der Waals surface area contributed by atoms with E-state index in [1.165, 1.54) is 5.20 Å². The van der Waals surface area contributed by atoms with Crippen LogP contribution in [0.2, 0.25) is 19.6 Å². The van der Waals surface area contributed by atoms with Gasteiger partial charge in [-0.15, -0.1) is 0 Å². The van der Waals surface area contributed by atoms with Crippen molar-refractivity contribution in [3.05, 3.63) is 11.3 Å². The molecule has 0 amide bonds. The van der Waals surface area contributed by atoms with Gasteiger partial charge in [-0.25, -0.2) is 4.79 Å². The van der Waals surface area contributed by atoms with E-state index in [0.717, 1.165) is 25.9 Å². The Morgan fingerprint density at radius 2 is 2.12 bits per heavy atom. The van der Waals surface area contributed by atoms with Crippen LogP contribution < -0.4 is 0 Å². The van der Waals surface area contributed by atoms with Gasteiger partial charge < -0.3 is 9.47 Å².